The molecule has 0 heterocycles. The minimum Gasteiger partial charge on any atom is -0.497 e. The Kier molecular flexibility index (Phi) is 2.48. The third-order valence-electron chi connectivity index (χ3n) is 6.31. The quantitative estimate of drug-likeness (QED) is 0.612. The highest BCUT2D eigenvalue weighted by Crippen LogP contribution is 2.61. The normalized spacial score (nSPS) is 25.6. The summed E-state index contributed by atoms with van der Waals surface area (Å²) in [4.78, 5) is 0. The lowest BCUT2D eigenvalue weighted by atomic mass is 9.48. The van der Waals surface area contributed by atoms with Crippen LogP contribution in [-0.4, -0.2) is 7.11 Å². The molecule has 3 aromatic carbocycles. The van der Waals surface area contributed by atoms with Crippen molar-refractivity contribution in [1.29, 1.82) is 0 Å². The van der Waals surface area contributed by atoms with Crippen LogP contribution < -0.4 is 4.74 Å². The van der Waals surface area contributed by atoms with Gasteiger partial charge in [0.1, 0.15) is 5.75 Å². The van der Waals surface area contributed by atoms with E-state index in [9.17, 15) is 0 Å². The van der Waals surface area contributed by atoms with Crippen LogP contribution in [0.5, 0.6) is 5.75 Å². The summed E-state index contributed by atoms with van der Waals surface area (Å²) in [5, 5.41) is 0. The van der Waals surface area contributed by atoms with Gasteiger partial charge in [0.15, 0.2) is 0 Å². The first kappa shape index (κ1) is 13.9. The summed E-state index contributed by atoms with van der Waals surface area (Å²) in [7, 11) is 1.74. The van der Waals surface area contributed by atoms with Crippen molar-refractivity contribution in [2.45, 2.75) is 24.7 Å². The molecule has 0 fully saturated rings. The second-order valence-corrected chi connectivity index (χ2v) is 7.25. The number of rotatable bonds is 1. The molecule has 24 heavy (non-hydrogen) atoms. The maximum atomic E-state index is 5.54. The van der Waals surface area contributed by atoms with Crippen molar-refractivity contribution < 1.29 is 4.74 Å². The van der Waals surface area contributed by atoms with E-state index in [2.05, 4.69) is 80.6 Å². The first-order valence-electron chi connectivity index (χ1n) is 8.51. The molecule has 2 bridgehead atoms. The van der Waals surface area contributed by atoms with Crippen molar-refractivity contribution in [3.05, 3.63) is 100 Å². The summed E-state index contributed by atoms with van der Waals surface area (Å²) >= 11 is 0. The Morgan fingerprint density at radius 2 is 1.00 bits per heavy atom. The second kappa shape index (κ2) is 4.30. The molecule has 0 radical (unpaired) electrons. The van der Waals surface area contributed by atoms with Gasteiger partial charge in [-0.1, -0.05) is 54.6 Å². The largest absolute Gasteiger partial charge is 0.497 e. The minimum absolute atomic E-state index is 0.105. The molecule has 0 unspecified atom stereocenters. The predicted octanol–water partition coefficient (Wildman–Crippen LogP) is 5.03. The molecule has 3 aliphatic rings. The molecule has 0 amide bonds. The second-order valence-electron chi connectivity index (χ2n) is 7.25. The topological polar surface area (TPSA) is 9.23 Å². The van der Waals surface area contributed by atoms with Crippen molar-refractivity contribution >= 4 is 0 Å². The van der Waals surface area contributed by atoms with E-state index in [0.717, 1.165) is 5.75 Å². The first-order chi connectivity index (χ1) is 11.6. The van der Waals surface area contributed by atoms with Gasteiger partial charge < -0.3 is 4.74 Å². The summed E-state index contributed by atoms with van der Waals surface area (Å²) in [6, 6.07) is 24.5. The van der Waals surface area contributed by atoms with Crippen LogP contribution in [0.4, 0.5) is 0 Å². The third kappa shape index (κ3) is 1.34. The Morgan fingerprint density at radius 3 is 1.46 bits per heavy atom. The van der Waals surface area contributed by atoms with Gasteiger partial charge >= 0.3 is 0 Å². The zero-order valence-electron chi connectivity index (χ0n) is 14.3. The molecule has 0 saturated carbocycles. The monoisotopic (exact) mass is 312 g/mol. The van der Waals surface area contributed by atoms with Crippen molar-refractivity contribution in [1.82, 2.24) is 0 Å². The number of hydrogen-bond donors (Lipinski definition) is 0. The minimum atomic E-state index is -0.130. The maximum absolute atomic E-state index is 5.54. The van der Waals surface area contributed by atoms with Crippen LogP contribution in [0.15, 0.2) is 66.7 Å². The highest BCUT2D eigenvalue weighted by atomic mass is 16.5. The standard InChI is InChI=1S/C23H20O/c1-22-16-8-4-6-10-18(16)23(2,19-11-7-5-9-17(19)22)21-14-15(24-3)12-13-20(21)22/h4-14H,1-3H3. The SMILES string of the molecule is COc1ccc2c(c1)C1(C)c3ccccc3C2(C)c2ccccc21. The molecular weight excluding hydrogens is 292 g/mol. The van der Waals surface area contributed by atoms with Gasteiger partial charge in [-0.3, -0.25) is 0 Å². The molecule has 0 spiro atoms. The van der Waals surface area contributed by atoms with Crippen molar-refractivity contribution in [3.63, 3.8) is 0 Å². The van der Waals surface area contributed by atoms with Crippen molar-refractivity contribution in [2.24, 2.45) is 0 Å². The van der Waals surface area contributed by atoms with Crippen LogP contribution >= 0.6 is 0 Å². The lowest BCUT2D eigenvalue weighted by Crippen LogP contribution is -2.48. The molecule has 6 rings (SSSR count). The van der Waals surface area contributed by atoms with Crippen LogP contribution in [0.1, 0.15) is 47.2 Å². The van der Waals surface area contributed by atoms with Gasteiger partial charge in [0.05, 0.1) is 7.11 Å². The summed E-state index contributed by atoms with van der Waals surface area (Å²) in [6.45, 7) is 4.73. The van der Waals surface area contributed by atoms with Gasteiger partial charge in [0.2, 0.25) is 0 Å². The lowest BCUT2D eigenvalue weighted by molar-refractivity contribution is 0.410. The van der Waals surface area contributed by atoms with Gasteiger partial charge in [-0.25, -0.2) is 0 Å². The van der Waals surface area contributed by atoms with E-state index >= 15 is 0 Å². The zero-order valence-corrected chi connectivity index (χ0v) is 14.3. The van der Waals surface area contributed by atoms with E-state index < -0.39 is 0 Å². The van der Waals surface area contributed by atoms with Gasteiger partial charge in [-0.15, -0.1) is 0 Å². The number of hydrogen-bond acceptors (Lipinski definition) is 1. The molecule has 3 aliphatic carbocycles. The maximum Gasteiger partial charge on any atom is 0.119 e. The molecule has 0 aliphatic heterocycles. The van der Waals surface area contributed by atoms with E-state index in [-0.39, 0.29) is 10.8 Å². The number of ether oxygens (including phenoxy) is 1. The first-order valence-corrected chi connectivity index (χ1v) is 8.51. The average molecular weight is 312 g/mol. The van der Waals surface area contributed by atoms with E-state index in [1.807, 2.05) is 0 Å². The highest BCUT2D eigenvalue weighted by Gasteiger charge is 2.54. The van der Waals surface area contributed by atoms with E-state index in [1.165, 1.54) is 33.4 Å². The van der Waals surface area contributed by atoms with Gasteiger partial charge in [0.25, 0.3) is 0 Å². The fourth-order valence-electron chi connectivity index (χ4n) is 5.08. The van der Waals surface area contributed by atoms with Crippen LogP contribution in [0.3, 0.4) is 0 Å². The molecule has 1 heteroatoms. The van der Waals surface area contributed by atoms with Crippen LogP contribution in [0.25, 0.3) is 0 Å². The molecule has 1 nitrogen and oxygen atoms in total. The van der Waals surface area contributed by atoms with E-state index in [4.69, 9.17) is 4.74 Å². The highest BCUT2D eigenvalue weighted by molar-refractivity contribution is 5.74. The summed E-state index contributed by atoms with van der Waals surface area (Å²) < 4.78 is 5.54. The Morgan fingerprint density at radius 1 is 0.583 bits per heavy atom. The summed E-state index contributed by atoms with van der Waals surface area (Å²) in [5.41, 5.74) is 8.26. The van der Waals surface area contributed by atoms with Crippen LogP contribution in [0.2, 0.25) is 0 Å². The predicted molar refractivity (Wildman–Crippen MR) is 97.0 cm³/mol. The van der Waals surface area contributed by atoms with Gasteiger partial charge in [-0.2, -0.15) is 0 Å². The Bertz CT molecular complexity index is 935. The average Bonchev–Trinajstić information content (AvgIpc) is 2.65. The molecule has 0 atom stereocenters. The third-order valence-corrected chi connectivity index (χ3v) is 6.31. The number of methoxy groups -OCH3 is 1. The number of benzene rings is 3. The fourth-order valence-corrected chi connectivity index (χ4v) is 5.08. The Hall–Kier alpha value is -2.54. The van der Waals surface area contributed by atoms with Crippen molar-refractivity contribution in [3.8, 4) is 5.75 Å². The Labute approximate surface area is 142 Å². The molecule has 3 aromatic rings. The smallest absolute Gasteiger partial charge is 0.119 e. The molecule has 118 valence electrons. The fraction of sp³-hybridized carbons (Fsp3) is 0.217. The zero-order chi connectivity index (χ0) is 16.5. The van der Waals surface area contributed by atoms with Gasteiger partial charge in [-0.05, 0) is 59.4 Å². The molecule has 0 saturated heterocycles. The van der Waals surface area contributed by atoms with Gasteiger partial charge in [0, 0.05) is 10.8 Å². The lowest BCUT2D eigenvalue weighted by Gasteiger charge is -2.54. The van der Waals surface area contributed by atoms with Crippen molar-refractivity contribution in [2.75, 3.05) is 7.11 Å². The molecule has 0 N–H and O–H groups in total. The van der Waals surface area contributed by atoms with Crippen LogP contribution in [0, 0.1) is 0 Å². The van der Waals surface area contributed by atoms with E-state index in [0.29, 0.717) is 0 Å². The Balaban J connectivity index is 1.99. The summed E-state index contributed by atoms with van der Waals surface area (Å²) in [6.07, 6.45) is 0. The molecule has 0 aromatic heterocycles. The van der Waals surface area contributed by atoms with E-state index in [1.54, 1.807) is 7.11 Å². The summed E-state index contributed by atoms with van der Waals surface area (Å²) in [5.74, 6) is 0.932. The molecular formula is C23H20O. The van der Waals surface area contributed by atoms with Crippen LogP contribution in [-0.2, 0) is 10.8 Å².